The highest BCUT2D eigenvalue weighted by Crippen LogP contribution is 2.30. The molecule has 1 aromatic heterocycles. The van der Waals surface area contributed by atoms with Crippen LogP contribution in [0.2, 0.25) is 0 Å². The maximum absolute atomic E-state index is 13.6. The number of hydrogen-bond acceptors (Lipinski definition) is 7. The number of benzene rings is 3. The number of amides is 1. The van der Waals surface area contributed by atoms with Crippen LogP contribution in [0, 0.1) is 5.82 Å². The van der Waals surface area contributed by atoms with Gasteiger partial charge in [0.2, 0.25) is 5.84 Å². The van der Waals surface area contributed by atoms with E-state index in [-0.39, 0.29) is 33.9 Å². The molecule has 4 N–H and O–H groups in total. The molecule has 1 amide bonds. The summed E-state index contributed by atoms with van der Waals surface area (Å²) in [6.45, 7) is 0.226. The standard InChI is InChI=1S/C25H20Br2FN5O4/c26-15-7-5-14(6-8-15)17(11-12-29-25(35)18-3-1-2-4-21(18)34)22-23(33-37-32-22)24(31-36)30-16-9-10-20(28)19(27)13-16/h1-10,13,17,34,36H,11-12H2,(H,29,35)(H,30,31). The Morgan fingerprint density at radius 3 is 2.54 bits per heavy atom. The molecule has 190 valence electrons. The predicted molar refractivity (Wildman–Crippen MR) is 141 cm³/mol. The van der Waals surface area contributed by atoms with Crippen LogP contribution in [0.4, 0.5) is 10.1 Å². The second kappa shape index (κ2) is 12.0. The summed E-state index contributed by atoms with van der Waals surface area (Å²) in [6, 6.07) is 18.0. The first kappa shape index (κ1) is 26.3. The summed E-state index contributed by atoms with van der Waals surface area (Å²) < 4.78 is 19.8. The van der Waals surface area contributed by atoms with Gasteiger partial charge in [-0.25, -0.2) is 9.02 Å². The van der Waals surface area contributed by atoms with Gasteiger partial charge < -0.3 is 20.9 Å². The number of phenols is 1. The summed E-state index contributed by atoms with van der Waals surface area (Å²) in [5.41, 5.74) is 1.95. The van der Waals surface area contributed by atoms with Crippen molar-refractivity contribution in [3.63, 3.8) is 0 Å². The van der Waals surface area contributed by atoms with Crippen LogP contribution in [0.15, 0.2) is 85.5 Å². The summed E-state index contributed by atoms with van der Waals surface area (Å²) in [6.07, 6.45) is 0.378. The molecule has 0 aliphatic heterocycles. The fourth-order valence-corrected chi connectivity index (χ4v) is 4.32. The Balaban J connectivity index is 1.59. The molecule has 12 heteroatoms. The predicted octanol–water partition coefficient (Wildman–Crippen LogP) is 5.64. The summed E-state index contributed by atoms with van der Waals surface area (Å²) in [4.78, 5) is 12.6. The van der Waals surface area contributed by atoms with E-state index in [9.17, 15) is 19.5 Å². The highest BCUT2D eigenvalue weighted by molar-refractivity contribution is 9.10. The van der Waals surface area contributed by atoms with E-state index in [1.165, 1.54) is 30.3 Å². The number of nitrogens with zero attached hydrogens (tertiary/aromatic N) is 3. The lowest BCUT2D eigenvalue weighted by molar-refractivity contribution is 0.0950. The topological polar surface area (TPSA) is 133 Å². The average Bonchev–Trinajstić information content (AvgIpc) is 3.37. The molecule has 1 unspecified atom stereocenters. The van der Waals surface area contributed by atoms with Gasteiger partial charge in [-0.2, -0.15) is 0 Å². The molecular weight excluding hydrogens is 613 g/mol. The van der Waals surface area contributed by atoms with Gasteiger partial charge in [-0.3, -0.25) is 4.79 Å². The molecule has 0 spiro atoms. The van der Waals surface area contributed by atoms with Crippen molar-refractivity contribution < 1.29 is 24.1 Å². The fraction of sp³-hybridized carbons (Fsp3) is 0.120. The zero-order chi connectivity index (χ0) is 26.4. The molecule has 0 bridgehead atoms. The van der Waals surface area contributed by atoms with Crippen LogP contribution in [0.25, 0.3) is 0 Å². The van der Waals surface area contributed by atoms with Crippen molar-refractivity contribution in [2.75, 3.05) is 11.9 Å². The summed E-state index contributed by atoms with van der Waals surface area (Å²) in [5, 5.41) is 36.7. The molecule has 1 atom stereocenters. The molecule has 0 fully saturated rings. The normalized spacial score (nSPS) is 12.2. The largest absolute Gasteiger partial charge is 0.507 e. The van der Waals surface area contributed by atoms with Gasteiger partial charge in [-0.05, 0) is 75.5 Å². The zero-order valence-electron chi connectivity index (χ0n) is 19.0. The van der Waals surface area contributed by atoms with E-state index in [2.05, 4.69) is 58.0 Å². The summed E-state index contributed by atoms with van der Waals surface area (Å²) >= 11 is 6.55. The van der Waals surface area contributed by atoms with Crippen LogP contribution in [0.3, 0.4) is 0 Å². The highest BCUT2D eigenvalue weighted by atomic mass is 79.9. The Morgan fingerprint density at radius 2 is 1.84 bits per heavy atom. The summed E-state index contributed by atoms with van der Waals surface area (Å²) in [7, 11) is 0. The van der Waals surface area contributed by atoms with Crippen LogP contribution in [-0.4, -0.2) is 38.9 Å². The third-order valence-corrected chi connectivity index (χ3v) is 6.63. The van der Waals surface area contributed by atoms with Crippen molar-refractivity contribution in [2.24, 2.45) is 5.16 Å². The average molecular weight is 633 g/mol. The maximum atomic E-state index is 13.6. The molecule has 0 saturated heterocycles. The number of aromatic nitrogens is 2. The van der Waals surface area contributed by atoms with E-state index in [0.717, 1.165) is 10.0 Å². The number of hydrogen-bond donors (Lipinski definition) is 4. The second-order valence-electron chi connectivity index (χ2n) is 7.87. The van der Waals surface area contributed by atoms with Gasteiger partial charge in [0.05, 0.1) is 10.0 Å². The summed E-state index contributed by atoms with van der Waals surface area (Å²) in [5.74, 6) is -1.47. The number of nitrogens with one attached hydrogen (secondary N) is 2. The maximum Gasteiger partial charge on any atom is 0.255 e. The molecule has 3 aromatic carbocycles. The zero-order valence-corrected chi connectivity index (χ0v) is 22.2. The van der Waals surface area contributed by atoms with Gasteiger partial charge in [0.15, 0.2) is 5.69 Å². The van der Waals surface area contributed by atoms with Crippen molar-refractivity contribution in [2.45, 2.75) is 12.3 Å². The van der Waals surface area contributed by atoms with Crippen molar-refractivity contribution in [1.29, 1.82) is 0 Å². The SMILES string of the molecule is O=C(NCCC(c1ccc(Br)cc1)c1nonc1C(=NO)Nc1ccc(F)c(Br)c1)c1ccccc1O. The van der Waals surface area contributed by atoms with Gasteiger partial charge in [0.25, 0.3) is 5.91 Å². The van der Waals surface area contributed by atoms with E-state index >= 15 is 0 Å². The third-order valence-electron chi connectivity index (χ3n) is 5.49. The van der Waals surface area contributed by atoms with Gasteiger partial charge >= 0.3 is 0 Å². The number of phenolic OH excluding ortho intramolecular Hbond substituents is 1. The first-order valence-electron chi connectivity index (χ1n) is 11.0. The first-order chi connectivity index (χ1) is 17.9. The lowest BCUT2D eigenvalue weighted by Gasteiger charge is -2.17. The smallest absolute Gasteiger partial charge is 0.255 e. The van der Waals surface area contributed by atoms with Gasteiger partial charge in [0.1, 0.15) is 17.3 Å². The number of anilines is 1. The highest BCUT2D eigenvalue weighted by Gasteiger charge is 2.27. The molecule has 37 heavy (non-hydrogen) atoms. The number of halogens is 3. The van der Waals surface area contributed by atoms with Crippen molar-refractivity contribution in [3.8, 4) is 5.75 Å². The Kier molecular flexibility index (Phi) is 8.51. The van der Waals surface area contributed by atoms with Crippen molar-refractivity contribution >= 4 is 49.3 Å². The number of oxime groups is 1. The fourth-order valence-electron chi connectivity index (χ4n) is 3.68. The van der Waals surface area contributed by atoms with Crippen LogP contribution >= 0.6 is 31.9 Å². The minimum atomic E-state index is -0.446. The van der Waals surface area contributed by atoms with Crippen molar-refractivity contribution in [1.82, 2.24) is 15.6 Å². The minimum Gasteiger partial charge on any atom is -0.507 e. The van der Waals surface area contributed by atoms with Crippen LogP contribution < -0.4 is 10.6 Å². The molecule has 0 saturated carbocycles. The Labute approximate surface area is 227 Å². The lowest BCUT2D eigenvalue weighted by Crippen LogP contribution is -2.26. The molecule has 0 radical (unpaired) electrons. The molecule has 1 heterocycles. The van der Waals surface area contributed by atoms with Crippen LogP contribution in [0.5, 0.6) is 5.75 Å². The number of aromatic hydroxyl groups is 1. The minimum absolute atomic E-state index is 0.0601. The Morgan fingerprint density at radius 1 is 1.08 bits per heavy atom. The Bertz CT molecular complexity index is 1430. The quantitative estimate of drug-likeness (QED) is 0.0855. The second-order valence-corrected chi connectivity index (χ2v) is 9.64. The van der Waals surface area contributed by atoms with E-state index in [4.69, 9.17) is 4.63 Å². The van der Waals surface area contributed by atoms with E-state index in [1.807, 2.05) is 24.3 Å². The van der Waals surface area contributed by atoms with Gasteiger partial charge in [-0.1, -0.05) is 50.5 Å². The lowest BCUT2D eigenvalue weighted by atomic mass is 9.91. The number of carbonyl (C=O) groups excluding carboxylic acids is 1. The van der Waals surface area contributed by atoms with Crippen LogP contribution in [0.1, 0.15) is 39.6 Å². The van der Waals surface area contributed by atoms with E-state index in [0.29, 0.717) is 17.8 Å². The molecule has 4 rings (SSSR count). The van der Waals surface area contributed by atoms with Crippen LogP contribution in [-0.2, 0) is 0 Å². The van der Waals surface area contributed by atoms with E-state index < -0.39 is 17.6 Å². The number of rotatable bonds is 8. The number of amidine groups is 1. The van der Waals surface area contributed by atoms with Gasteiger partial charge in [0, 0.05) is 22.6 Å². The number of para-hydroxylation sites is 1. The van der Waals surface area contributed by atoms with Gasteiger partial charge in [-0.15, -0.1) is 0 Å². The monoisotopic (exact) mass is 631 g/mol. The molecule has 0 aliphatic rings. The molecule has 9 nitrogen and oxygen atoms in total. The molecule has 4 aromatic rings. The first-order valence-corrected chi connectivity index (χ1v) is 12.5. The molecule has 0 aliphatic carbocycles. The third kappa shape index (κ3) is 6.33. The van der Waals surface area contributed by atoms with Crippen molar-refractivity contribution in [3.05, 3.63) is 104 Å². The number of carbonyl (C=O) groups is 1. The van der Waals surface area contributed by atoms with E-state index in [1.54, 1.807) is 12.1 Å². The molecular formula is C25H20Br2FN5O4. The Hall–Kier alpha value is -3.77.